The molecule has 10 heteroatoms. The van der Waals surface area contributed by atoms with Gasteiger partial charge in [-0.25, -0.2) is 8.42 Å². The molecule has 3 heterocycles. The largest absolute Gasteiger partial charge is 0.352 e. The minimum Gasteiger partial charge on any atom is -0.352 e. The van der Waals surface area contributed by atoms with E-state index in [1.165, 1.54) is 15.6 Å². The Morgan fingerprint density at radius 3 is 2.69 bits per heavy atom. The fourth-order valence-corrected chi connectivity index (χ4v) is 6.79. The summed E-state index contributed by atoms with van der Waals surface area (Å²) in [6.07, 6.45) is 1.31. The quantitative estimate of drug-likeness (QED) is 0.587. The maximum Gasteiger partial charge on any atom is 0.244 e. The molecule has 1 fully saturated rings. The van der Waals surface area contributed by atoms with E-state index in [-0.39, 0.29) is 23.3 Å². The highest BCUT2D eigenvalue weighted by molar-refractivity contribution is 7.89. The van der Waals surface area contributed by atoms with Gasteiger partial charge in [-0.15, -0.1) is 11.3 Å². The van der Waals surface area contributed by atoms with Gasteiger partial charge < -0.3 is 9.84 Å². The number of benzene rings is 1. The average molecular weight is 475 g/mol. The van der Waals surface area contributed by atoms with E-state index in [0.29, 0.717) is 47.4 Å². The zero-order valence-corrected chi connectivity index (χ0v) is 19.9. The van der Waals surface area contributed by atoms with Gasteiger partial charge in [-0.2, -0.15) is 9.29 Å². The van der Waals surface area contributed by atoms with E-state index in [4.69, 9.17) is 4.52 Å². The molecule has 0 spiro atoms. The molecular weight excluding hydrogens is 448 g/mol. The van der Waals surface area contributed by atoms with Crippen LogP contribution >= 0.6 is 11.3 Å². The number of nitrogens with zero attached hydrogens (tertiary/aromatic N) is 3. The number of amides is 1. The molecule has 170 valence electrons. The zero-order valence-electron chi connectivity index (χ0n) is 18.3. The highest BCUT2D eigenvalue weighted by Crippen LogP contribution is 2.34. The van der Waals surface area contributed by atoms with Crippen LogP contribution < -0.4 is 5.32 Å². The van der Waals surface area contributed by atoms with Gasteiger partial charge in [-0.05, 0) is 38.3 Å². The third kappa shape index (κ3) is 4.77. The van der Waals surface area contributed by atoms with E-state index in [1.54, 1.807) is 19.9 Å². The van der Waals surface area contributed by atoms with Crippen molar-refractivity contribution in [3.05, 3.63) is 52.2 Å². The second-order valence-corrected chi connectivity index (χ2v) is 11.2. The predicted octanol–water partition coefficient (Wildman–Crippen LogP) is 3.44. The van der Waals surface area contributed by atoms with Crippen LogP contribution in [0.1, 0.15) is 34.7 Å². The van der Waals surface area contributed by atoms with E-state index in [1.807, 2.05) is 31.2 Å². The van der Waals surface area contributed by atoms with E-state index >= 15 is 0 Å². The lowest BCUT2D eigenvalue weighted by atomic mass is 9.98. The Hall–Kier alpha value is -2.56. The third-order valence-electron chi connectivity index (χ3n) is 5.58. The van der Waals surface area contributed by atoms with Crippen molar-refractivity contribution in [3.63, 3.8) is 0 Å². The van der Waals surface area contributed by atoms with Crippen LogP contribution in [0.25, 0.3) is 10.7 Å². The SMILES string of the molecule is Cc1ccc(CNC(=O)C2CCCN(S(=O)(=O)c3cc(-c4noc(C)n4)sc3C)C2)cc1. The molecule has 0 radical (unpaired) electrons. The summed E-state index contributed by atoms with van der Waals surface area (Å²) >= 11 is 1.32. The monoisotopic (exact) mass is 474 g/mol. The number of carbonyl (C=O) groups is 1. The predicted molar refractivity (Wildman–Crippen MR) is 122 cm³/mol. The second kappa shape index (κ2) is 9.13. The Balaban J connectivity index is 1.45. The molecule has 1 saturated heterocycles. The lowest BCUT2D eigenvalue weighted by Gasteiger charge is -2.31. The number of hydrogen-bond donors (Lipinski definition) is 1. The van der Waals surface area contributed by atoms with Gasteiger partial charge >= 0.3 is 0 Å². The van der Waals surface area contributed by atoms with Crippen LogP contribution in [0, 0.1) is 26.7 Å². The summed E-state index contributed by atoms with van der Waals surface area (Å²) < 4.78 is 33.2. The average Bonchev–Trinajstić information content (AvgIpc) is 3.39. The van der Waals surface area contributed by atoms with Gasteiger partial charge in [0.05, 0.1) is 15.7 Å². The van der Waals surface area contributed by atoms with Crippen molar-refractivity contribution in [2.24, 2.45) is 5.92 Å². The Kier molecular flexibility index (Phi) is 6.45. The van der Waals surface area contributed by atoms with Crippen LogP contribution in [-0.2, 0) is 21.4 Å². The van der Waals surface area contributed by atoms with Crippen molar-refractivity contribution in [1.29, 1.82) is 0 Å². The number of aromatic nitrogens is 2. The van der Waals surface area contributed by atoms with Crippen LogP contribution in [0.15, 0.2) is 39.8 Å². The molecule has 1 aliphatic heterocycles. The first-order chi connectivity index (χ1) is 15.2. The lowest BCUT2D eigenvalue weighted by Crippen LogP contribution is -2.45. The van der Waals surface area contributed by atoms with Crippen molar-refractivity contribution in [2.45, 2.75) is 45.1 Å². The third-order valence-corrected chi connectivity index (χ3v) is 8.75. The molecule has 3 aromatic rings. The highest BCUT2D eigenvalue weighted by atomic mass is 32.2. The fourth-order valence-electron chi connectivity index (χ4n) is 3.78. The Bertz CT molecular complexity index is 1220. The first-order valence-corrected chi connectivity index (χ1v) is 12.7. The van der Waals surface area contributed by atoms with Gasteiger partial charge in [0.25, 0.3) is 0 Å². The number of carbonyl (C=O) groups excluding carboxylic acids is 1. The highest BCUT2D eigenvalue weighted by Gasteiger charge is 2.35. The number of thiophene rings is 1. The smallest absolute Gasteiger partial charge is 0.244 e. The zero-order chi connectivity index (χ0) is 22.9. The van der Waals surface area contributed by atoms with Crippen LogP contribution in [0.2, 0.25) is 0 Å². The van der Waals surface area contributed by atoms with Gasteiger partial charge in [0.2, 0.25) is 27.6 Å². The molecule has 1 amide bonds. The Morgan fingerprint density at radius 1 is 1.25 bits per heavy atom. The molecule has 0 bridgehead atoms. The molecule has 8 nitrogen and oxygen atoms in total. The van der Waals surface area contributed by atoms with Crippen molar-refractivity contribution in [2.75, 3.05) is 13.1 Å². The Labute approximate surface area is 191 Å². The maximum absolute atomic E-state index is 13.4. The van der Waals surface area contributed by atoms with E-state index < -0.39 is 10.0 Å². The summed E-state index contributed by atoms with van der Waals surface area (Å²) in [4.78, 5) is 18.5. The number of piperidine rings is 1. The first kappa shape index (κ1) is 22.6. The maximum atomic E-state index is 13.4. The molecule has 0 aliphatic carbocycles. The van der Waals surface area contributed by atoms with E-state index in [0.717, 1.165) is 11.1 Å². The normalized spacial score (nSPS) is 17.4. The van der Waals surface area contributed by atoms with Crippen molar-refractivity contribution in [3.8, 4) is 10.7 Å². The lowest BCUT2D eigenvalue weighted by molar-refractivity contribution is -0.126. The molecule has 1 unspecified atom stereocenters. The van der Waals surface area contributed by atoms with Gasteiger partial charge in [0.15, 0.2) is 0 Å². The van der Waals surface area contributed by atoms with Gasteiger partial charge in [-0.1, -0.05) is 35.0 Å². The molecule has 32 heavy (non-hydrogen) atoms. The molecule has 1 aliphatic rings. The molecular formula is C22H26N4O4S2. The number of sulfonamides is 1. The number of nitrogens with one attached hydrogen (secondary N) is 1. The van der Waals surface area contributed by atoms with Crippen LogP contribution in [0.4, 0.5) is 0 Å². The van der Waals surface area contributed by atoms with Crippen LogP contribution in [0.5, 0.6) is 0 Å². The molecule has 0 saturated carbocycles. The molecule has 2 aromatic heterocycles. The second-order valence-electron chi connectivity index (χ2n) is 8.07. The summed E-state index contributed by atoms with van der Waals surface area (Å²) in [6.45, 7) is 6.47. The summed E-state index contributed by atoms with van der Waals surface area (Å²) in [6, 6.07) is 9.57. The van der Waals surface area contributed by atoms with E-state index in [9.17, 15) is 13.2 Å². The van der Waals surface area contributed by atoms with Gasteiger partial charge in [0, 0.05) is 31.4 Å². The molecule has 1 atom stereocenters. The van der Waals surface area contributed by atoms with Crippen LogP contribution in [0.3, 0.4) is 0 Å². The van der Waals surface area contributed by atoms with Gasteiger partial charge in [0.1, 0.15) is 0 Å². The van der Waals surface area contributed by atoms with E-state index in [2.05, 4.69) is 15.5 Å². The first-order valence-electron chi connectivity index (χ1n) is 10.5. The molecule has 1 N–H and O–H groups in total. The fraction of sp³-hybridized carbons (Fsp3) is 0.409. The summed E-state index contributed by atoms with van der Waals surface area (Å²) in [7, 11) is -3.73. The number of aryl methyl sites for hydroxylation is 3. The number of hydrogen-bond acceptors (Lipinski definition) is 7. The number of rotatable bonds is 6. The molecule has 4 rings (SSSR count). The minimum absolute atomic E-state index is 0.115. The van der Waals surface area contributed by atoms with Crippen molar-refractivity contribution in [1.82, 2.24) is 19.8 Å². The summed E-state index contributed by atoms with van der Waals surface area (Å²) in [5.74, 6) is 0.313. The molecule has 1 aromatic carbocycles. The summed E-state index contributed by atoms with van der Waals surface area (Å²) in [5.41, 5.74) is 2.18. The van der Waals surface area contributed by atoms with Gasteiger partial charge in [-0.3, -0.25) is 4.79 Å². The summed E-state index contributed by atoms with van der Waals surface area (Å²) in [5, 5.41) is 6.84. The topological polar surface area (TPSA) is 105 Å². The van der Waals surface area contributed by atoms with Crippen molar-refractivity contribution < 1.29 is 17.7 Å². The van der Waals surface area contributed by atoms with Crippen molar-refractivity contribution >= 4 is 27.3 Å². The minimum atomic E-state index is -3.73. The Morgan fingerprint density at radius 2 is 2.00 bits per heavy atom. The standard InChI is InChI=1S/C22H26N4O4S2/c1-14-6-8-17(9-7-14)12-23-22(27)18-5-4-10-26(13-18)32(28,29)20-11-19(31-15(20)2)21-24-16(3)30-25-21/h6-9,11,18H,4-5,10,12-13H2,1-3H3,(H,23,27). The van der Waals surface area contributed by atoms with Crippen LogP contribution in [-0.4, -0.2) is 41.9 Å².